The van der Waals surface area contributed by atoms with Crippen LogP contribution in [0.4, 0.5) is 14.5 Å². The number of hydrogen-bond donors (Lipinski definition) is 3. The SMILES string of the molecule is CC(O)(CO)C1CCCN(Cc2ccc(N)cc2C(F)F)C1. The third-order valence-electron chi connectivity index (χ3n) is 4.50. The summed E-state index contributed by atoms with van der Waals surface area (Å²) in [4.78, 5) is 2.05. The summed E-state index contributed by atoms with van der Waals surface area (Å²) in [5, 5.41) is 19.5. The Balaban J connectivity index is 2.11. The summed E-state index contributed by atoms with van der Waals surface area (Å²) in [6.45, 7) is 3.11. The van der Waals surface area contributed by atoms with Crippen LogP contribution in [0.1, 0.15) is 37.3 Å². The lowest BCUT2D eigenvalue weighted by Crippen LogP contribution is -2.48. The number of hydrogen-bond acceptors (Lipinski definition) is 4. The highest BCUT2D eigenvalue weighted by molar-refractivity contribution is 5.45. The molecule has 0 amide bonds. The summed E-state index contributed by atoms with van der Waals surface area (Å²) in [6, 6.07) is 4.60. The van der Waals surface area contributed by atoms with Crippen molar-refractivity contribution < 1.29 is 19.0 Å². The monoisotopic (exact) mass is 314 g/mol. The number of aliphatic hydroxyl groups is 2. The van der Waals surface area contributed by atoms with Gasteiger partial charge in [0.05, 0.1) is 12.2 Å². The molecule has 0 bridgehead atoms. The van der Waals surface area contributed by atoms with E-state index in [9.17, 15) is 19.0 Å². The molecule has 0 saturated carbocycles. The van der Waals surface area contributed by atoms with Gasteiger partial charge in [0.2, 0.25) is 0 Å². The zero-order valence-corrected chi connectivity index (χ0v) is 12.8. The first-order valence-corrected chi connectivity index (χ1v) is 7.55. The van der Waals surface area contributed by atoms with Gasteiger partial charge in [0.1, 0.15) is 0 Å². The van der Waals surface area contributed by atoms with E-state index in [1.165, 1.54) is 6.07 Å². The third kappa shape index (κ3) is 3.94. The molecule has 6 heteroatoms. The fourth-order valence-electron chi connectivity index (χ4n) is 3.04. The molecule has 1 saturated heterocycles. The van der Waals surface area contributed by atoms with Crippen molar-refractivity contribution in [1.29, 1.82) is 0 Å². The van der Waals surface area contributed by atoms with Crippen LogP contribution in [0.5, 0.6) is 0 Å². The topological polar surface area (TPSA) is 69.7 Å². The molecule has 4 nitrogen and oxygen atoms in total. The Labute approximate surface area is 129 Å². The Bertz CT molecular complexity index is 509. The van der Waals surface area contributed by atoms with E-state index in [1.807, 2.05) is 0 Å². The number of halogens is 2. The van der Waals surface area contributed by atoms with Gasteiger partial charge < -0.3 is 15.9 Å². The Kier molecular flexibility index (Phi) is 5.36. The molecule has 1 fully saturated rings. The summed E-state index contributed by atoms with van der Waals surface area (Å²) in [5.74, 6) is -0.0602. The first-order chi connectivity index (χ1) is 10.3. The van der Waals surface area contributed by atoms with E-state index in [2.05, 4.69) is 4.90 Å². The average Bonchev–Trinajstić information content (AvgIpc) is 2.49. The van der Waals surface area contributed by atoms with E-state index in [4.69, 9.17) is 5.73 Å². The van der Waals surface area contributed by atoms with Gasteiger partial charge in [-0.3, -0.25) is 4.90 Å². The lowest BCUT2D eigenvalue weighted by molar-refractivity contribution is -0.0697. The number of benzene rings is 1. The van der Waals surface area contributed by atoms with Crippen molar-refractivity contribution in [2.75, 3.05) is 25.4 Å². The Morgan fingerprint density at radius 1 is 1.45 bits per heavy atom. The van der Waals surface area contributed by atoms with Crippen LogP contribution in [-0.4, -0.2) is 40.4 Å². The highest BCUT2D eigenvalue weighted by Gasteiger charge is 2.34. The molecule has 4 N–H and O–H groups in total. The Morgan fingerprint density at radius 3 is 2.82 bits per heavy atom. The number of nitrogens with zero attached hydrogens (tertiary/aromatic N) is 1. The van der Waals surface area contributed by atoms with Crippen molar-refractivity contribution in [3.05, 3.63) is 29.3 Å². The van der Waals surface area contributed by atoms with E-state index in [-0.39, 0.29) is 18.1 Å². The maximum atomic E-state index is 13.1. The van der Waals surface area contributed by atoms with Crippen molar-refractivity contribution >= 4 is 5.69 Å². The number of likely N-dealkylation sites (tertiary alicyclic amines) is 1. The molecule has 22 heavy (non-hydrogen) atoms. The van der Waals surface area contributed by atoms with Gasteiger partial charge in [-0.25, -0.2) is 8.78 Å². The summed E-state index contributed by atoms with van der Waals surface area (Å²) >= 11 is 0. The molecule has 2 unspecified atom stereocenters. The Hall–Kier alpha value is -1.24. The van der Waals surface area contributed by atoms with Crippen LogP contribution in [0.3, 0.4) is 0 Å². The lowest BCUT2D eigenvalue weighted by atomic mass is 9.83. The summed E-state index contributed by atoms with van der Waals surface area (Å²) in [5.41, 5.74) is 5.32. The van der Waals surface area contributed by atoms with Gasteiger partial charge in [0.25, 0.3) is 6.43 Å². The fourth-order valence-corrected chi connectivity index (χ4v) is 3.04. The predicted molar refractivity (Wildman–Crippen MR) is 81.5 cm³/mol. The number of rotatable bonds is 5. The zero-order chi connectivity index (χ0) is 16.3. The highest BCUT2D eigenvalue weighted by Crippen LogP contribution is 2.30. The quantitative estimate of drug-likeness (QED) is 0.729. The Morgan fingerprint density at radius 2 is 2.18 bits per heavy atom. The van der Waals surface area contributed by atoms with Gasteiger partial charge in [-0.05, 0) is 44.0 Å². The fraction of sp³-hybridized carbons (Fsp3) is 0.625. The van der Waals surface area contributed by atoms with E-state index in [0.29, 0.717) is 24.3 Å². The molecule has 124 valence electrons. The molecule has 0 spiro atoms. The predicted octanol–water partition coefficient (Wildman–Crippen LogP) is 2.16. The average molecular weight is 314 g/mol. The third-order valence-corrected chi connectivity index (χ3v) is 4.50. The molecule has 2 rings (SSSR count). The van der Waals surface area contributed by atoms with Gasteiger partial charge in [-0.2, -0.15) is 0 Å². The van der Waals surface area contributed by atoms with E-state index >= 15 is 0 Å². The van der Waals surface area contributed by atoms with E-state index in [0.717, 1.165) is 19.4 Å². The van der Waals surface area contributed by atoms with Crippen LogP contribution in [0.2, 0.25) is 0 Å². The summed E-state index contributed by atoms with van der Waals surface area (Å²) in [7, 11) is 0. The standard InChI is InChI=1S/C16H24F2N2O2/c1-16(22,10-21)12-3-2-6-20(9-12)8-11-4-5-13(19)7-14(11)15(17)18/h4-5,7,12,15,21-22H,2-3,6,8-10,19H2,1H3. The second-order valence-corrected chi connectivity index (χ2v) is 6.35. The van der Waals surface area contributed by atoms with Crippen molar-refractivity contribution in [3.63, 3.8) is 0 Å². The highest BCUT2D eigenvalue weighted by atomic mass is 19.3. The first-order valence-electron chi connectivity index (χ1n) is 7.55. The smallest absolute Gasteiger partial charge is 0.264 e. The molecule has 1 aliphatic heterocycles. The number of alkyl halides is 2. The zero-order valence-electron chi connectivity index (χ0n) is 12.8. The van der Waals surface area contributed by atoms with Crippen molar-refractivity contribution in [2.45, 2.75) is 38.3 Å². The van der Waals surface area contributed by atoms with Gasteiger partial charge in [0, 0.05) is 30.3 Å². The molecule has 1 aromatic rings. The molecule has 1 aliphatic rings. The molecule has 1 aromatic carbocycles. The summed E-state index contributed by atoms with van der Waals surface area (Å²) in [6.07, 6.45) is -0.854. The maximum absolute atomic E-state index is 13.1. The van der Waals surface area contributed by atoms with Crippen LogP contribution in [-0.2, 0) is 6.54 Å². The van der Waals surface area contributed by atoms with Crippen LogP contribution in [0, 0.1) is 5.92 Å². The first kappa shape index (κ1) is 17.1. The summed E-state index contributed by atoms with van der Waals surface area (Å²) < 4.78 is 26.3. The number of piperidine rings is 1. The van der Waals surface area contributed by atoms with Gasteiger partial charge in [-0.15, -0.1) is 0 Å². The van der Waals surface area contributed by atoms with Crippen molar-refractivity contribution in [3.8, 4) is 0 Å². The molecular weight excluding hydrogens is 290 g/mol. The van der Waals surface area contributed by atoms with Crippen LogP contribution in [0.15, 0.2) is 18.2 Å². The van der Waals surface area contributed by atoms with Crippen molar-refractivity contribution in [2.24, 2.45) is 5.92 Å². The number of aliphatic hydroxyl groups excluding tert-OH is 1. The largest absolute Gasteiger partial charge is 0.399 e. The molecular formula is C16H24F2N2O2. The second-order valence-electron chi connectivity index (χ2n) is 6.35. The van der Waals surface area contributed by atoms with Crippen LogP contribution < -0.4 is 5.73 Å². The van der Waals surface area contributed by atoms with Crippen LogP contribution in [0.25, 0.3) is 0 Å². The van der Waals surface area contributed by atoms with Crippen LogP contribution >= 0.6 is 0 Å². The normalized spacial score (nSPS) is 22.7. The molecule has 2 atom stereocenters. The maximum Gasteiger partial charge on any atom is 0.264 e. The van der Waals surface area contributed by atoms with Gasteiger partial charge in [0.15, 0.2) is 0 Å². The van der Waals surface area contributed by atoms with Gasteiger partial charge in [-0.1, -0.05) is 6.07 Å². The minimum Gasteiger partial charge on any atom is -0.399 e. The minimum atomic E-state index is -2.56. The number of anilines is 1. The number of nitrogens with two attached hydrogens (primary N) is 1. The van der Waals surface area contributed by atoms with E-state index in [1.54, 1.807) is 19.1 Å². The van der Waals surface area contributed by atoms with Crippen molar-refractivity contribution in [1.82, 2.24) is 4.90 Å². The minimum absolute atomic E-state index is 0.0314. The lowest BCUT2D eigenvalue weighted by Gasteiger charge is -2.39. The number of nitrogen functional groups attached to an aromatic ring is 1. The molecule has 0 aliphatic carbocycles. The molecule has 0 radical (unpaired) electrons. The molecule has 1 heterocycles. The van der Waals surface area contributed by atoms with E-state index < -0.39 is 12.0 Å². The molecule has 0 aromatic heterocycles. The second kappa shape index (κ2) is 6.89. The van der Waals surface area contributed by atoms with Gasteiger partial charge >= 0.3 is 0 Å².